The molecule has 3 aromatic rings. The van der Waals surface area contributed by atoms with E-state index in [9.17, 15) is 43.5 Å². The molecule has 0 aliphatic carbocycles. The Morgan fingerprint density at radius 3 is 2.08 bits per heavy atom. The maximum absolute atomic E-state index is 14.3. The number of carbonyl (C=O) groups excluding carboxylic acids is 7. The fourth-order valence-corrected chi connectivity index (χ4v) is 7.04. The molecule has 1 unspecified atom stereocenters. The molecule has 1 heterocycles. The fourth-order valence-electron chi connectivity index (χ4n) is 7.04. The van der Waals surface area contributed by atoms with Crippen molar-refractivity contribution in [2.24, 2.45) is 0 Å². The fraction of sp³-hybridized carbons (Fsp3) is 0.435. The van der Waals surface area contributed by atoms with Crippen molar-refractivity contribution in [1.29, 1.82) is 0 Å². The summed E-state index contributed by atoms with van der Waals surface area (Å²) in [6.07, 6.45) is -1.69. The number of para-hydroxylation sites is 1. The lowest BCUT2D eigenvalue weighted by Crippen LogP contribution is -2.61. The summed E-state index contributed by atoms with van der Waals surface area (Å²) >= 11 is 0. The molecular formula is C46H58N6O12. The van der Waals surface area contributed by atoms with Gasteiger partial charge < -0.3 is 51.2 Å². The van der Waals surface area contributed by atoms with Gasteiger partial charge in [-0.1, -0.05) is 66.7 Å². The van der Waals surface area contributed by atoms with Gasteiger partial charge in [-0.25, -0.2) is 4.79 Å². The molecule has 1 aliphatic heterocycles. The molecule has 344 valence electrons. The second-order valence-electron chi connectivity index (χ2n) is 15.5. The highest BCUT2D eigenvalue weighted by Crippen LogP contribution is 2.25. The lowest BCUT2D eigenvalue weighted by Gasteiger charge is -2.29. The van der Waals surface area contributed by atoms with Crippen molar-refractivity contribution in [2.75, 3.05) is 32.6 Å². The van der Waals surface area contributed by atoms with Gasteiger partial charge in [0.15, 0.2) is 12.4 Å². The Bertz CT molecular complexity index is 2090. The Kier molecular flexibility index (Phi) is 19.4. The number of hydrogen-bond donors (Lipinski definition) is 7. The molecule has 4 rings (SSSR count). The van der Waals surface area contributed by atoms with Crippen molar-refractivity contribution in [2.45, 2.75) is 102 Å². The van der Waals surface area contributed by atoms with E-state index in [2.05, 4.69) is 31.9 Å². The van der Waals surface area contributed by atoms with Gasteiger partial charge in [0, 0.05) is 18.5 Å². The summed E-state index contributed by atoms with van der Waals surface area (Å²) in [7, 11) is 2.72. The Balaban J connectivity index is 1.55. The highest BCUT2D eigenvalue weighted by Gasteiger charge is 2.36. The number of ketones is 1. The Morgan fingerprint density at radius 1 is 0.781 bits per heavy atom. The lowest BCUT2D eigenvalue weighted by molar-refractivity contribution is -0.144. The number of rotatable bonds is 25. The number of fused-ring (bicyclic) bond motifs is 1. The first-order valence-electron chi connectivity index (χ1n) is 21.0. The molecule has 0 bridgehead atoms. The van der Waals surface area contributed by atoms with Gasteiger partial charge >= 0.3 is 17.9 Å². The van der Waals surface area contributed by atoms with Gasteiger partial charge in [0.05, 0.1) is 31.8 Å². The van der Waals surface area contributed by atoms with Gasteiger partial charge in [-0.05, 0) is 81.9 Å². The standard InChI is InChI=1S/C46H58N6O12/c1-27-13-11-14-28(2)40(27)46(61)64-26-37(53)35(24-39(56)62-5)51-42(57)34(21-22-47-4)50-45(60)41(29(3)63-25-30-15-7-6-8-16-30)52-43(58)33(19-12-20-38(54)55)49-44(59)36-23-31-17-9-10-18-32(31)48-36/h6-11,13-18,29,33-36,41,47-48H,12,19-26H2,1-5H3,(H,49,59)(H,50,60)(H,51,57)(H,52,58)(H,54,55)/t29?,33-,34-,35-,36-,41-/m0/s1. The van der Waals surface area contributed by atoms with E-state index in [0.29, 0.717) is 17.5 Å². The van der Waals surface area contributed by atoms with Gasteiger partial charge in [-0.15, -0.1) is 0 Å². The maximum Gasteiger partial charge on any atom is 0.339 e. The molecule has 0 radical (unpaired) electrons. The summed E-state index contributed by atoms with van der Waals surface area (Å²) in [5.41, 5.74) is 3.96. The molecular weight excluding hydrogens is 829 g/mol. The van der Waals surface area contributed by atoms with E-state index < -0.39 is 96.7 Å². The number of carbonyl (C=O) groups is 8. The first-order chi connectivity index (χ1) is 30.6. The van der Waals surface area contributed by atoms with E-state index in [-0.39, 0.29) is 44.4 Å². The highest BCUT2D eigenvalue weighted by atomic mass is 16.5. The molecule has 0 spiro atoms. The second-order valence-corrected chi connectivity index (χ2v) is 15.5. The molecule has 18 nitrogen and oxygen atoms in total. The summed E-state index contributed by atoms with van der Waals surface area (Å²) < 4.78 is 16.1. The predicted molar refractivity (Wildman–Crippen MR) is 234 cm³/mol. The molecule has 3 aromatic carbocycles. The van der Waals surface area contributed by atoms with Crippen LogP contribution in [0.4, 0.5) is 5.69 Å². The van der Waals surface area contributed by atoms with Gasteiger partial charge in [-0.2, -0.15) is 0 Å². The zero-order valence-electron chi connectivity index (χ0n) is 36.7. The molecule has 0 aromatic heterocycles. The minimum atomic E-state index is -1.53. The number of aryl methyl sites for hydroxylation is 2. The van der Waals surface area contributed by atoms with Crippen LogP contribution in [0.15, 0.2) is 72.8 Å². The van der Waals surface area contributed by atoms with Gasteiger partial charge in [0.2, 0.25) is 23.6 Å². The maximum atomic E-state index is 14.3. The van der Waals surface area contributed by atoms with Crippen LogP contribution in [0.3, 0.4) is 0 Å². The number of hydrogen-bond acceptors (Lipinski definition) is 13. The zero-order valence-corrected chi connectivity index (χ0v) is 36.7. The number of ether oxygens (including phenoxy) is 3. The van der Waals surface area contributed by atoms with Crippen molar-refractivity contribution in [3.05, 3.63) is 101 Å². The Morgan fingerprint density at radius 2 is 1.42 bits per heavy atom. The Hall–Kier alpha value is -6.66. The molecule has 7 N–H and O–H groups in total. The van der Waals surface area contributed by atoms with Crippen molar-refractivity contribution in [1.82, 2.24) is 26.6 Å². The number of benzene rings is 3. The quantitative estimate of drug-likeness (QED) is 0.0602. The highest BCUT2D eigenvalue weighted by molar-refractivity contribution is 5.99. The van der Waals surface area contributed by atoms with Crippen LogP contribution in [-0.4, -0.2) is 116 Å². The number of anilines is 1. The number of Topliss-reactive ketones (excluding diaryl/α,β-unsaturated/α-hetero) is 1. The average Bonchev–Trinajstić information content (AvgIpc) is 3.72. The van der Waals surface area contributed by atoms with Crippen LogP contribution in [-0.2, 0) is 60.8 Å². The van der Waals surface area contributed by atoms with E-state index >= 15 is 0 Å². The molecule has 0 fully saturated rings. The van der Waals surface area contributed by atoms with Crippen molar-refractivity contribution < 1.29 is 57.7 Å². The van der Waals surface area contributed by atoms with Crippen molar-refractivity contribution >= 4 is 53.0 Å². The van der Waals surface area contributed by atoms with Crippen LogP contribution in [0.5, 0.6) is 0 Å². The number of aliphatic carboxylic acids is 1. The smallest absolute Gasteiger partial charge is 0.339 e. The van der Waals surface area contributed by atoms with Crippen LogP contribution in [0.1, 0.15) is 71.6 Å². The summed E-state index contributed by atoms with van der Waals surface area (Å²) in [4.78, 5) is 106. The zero-order chi connectivity index (χ0) is 46.8. The molecule has 1 aliphatic rings. The third-order valence-electron chi connectivity index (χ3n) is 10.7. The second kappa shape index (κ2) is 24.8. The summed E-state index contributed by atoms with van der Waals surface area (Å²) in [5, 5.41) is 25.9. The van der Waals surface area contributed by atoms with Crippen molar-refractivity contribution in [3.8, 4) is 0 Å². The third-order valence-corrected chi connectivity index (χ3v) is 10.7. The van der Waals surface area contributed by atoms with Gasteiger partial charge in [0.25, 0.3) is 0 Å². The van der Waals surface area contributed by atoms with Crippen LogP contribution < -0.4 is 31.9 Å². The topological polar surface area (TPSA) is 257 Å². The number of carboxylic acid groups (broad SMARTS) is 1. The first kappa shape index (κ1) is 50.0. The van der Waals surface area contributed by atoms with E-state index in [1.165, 1.54) is 0 Å². The monoisotopic (exact) mass is 886 g/mol. The van der Waals surface area contributed by atoms with Crippen LogP contribution in [0.25, 0.3) is 0 Å². The molecule has 0 saturated carbocycles. The molecule has 0 saturated heterocycles. The molecule has 18 heteroatoms. The number of esters is 2. The summed E-state index contributed by atoms with van der Waals surface area (Å²) in [5.74, 6) is -6.60. The van der Waals surface area contributed by atoms with Crippen LogP contribution in [0, 0.1) is 13.8 Å². The summed E-state index contributed by atoms with van der Waals surface area (Å²) in [6.45, 7) is 4.40. The van der Waals surface area contributed by atoms with E-state index in [0.717, 1.165) is 23.9 Å². The van der Waals surface area contributed by atoms with E-state index in [1.807, 2.05) is 30.3 Å². The number of methoxy groups -OCH3 is 1. The largest absolute Gasteiger partial charge is 0.481 e. The van der Waals surface area contributed by atoms with Gasteiger partial charge in [0.1, 0.15) is 30.2 Å². The minimum Gasteiger partial charge on any atom is -0.481 e. The first-order valence-corrected chi connectivity index (χ1v) is 21.0. The normalized spacial score (nSPS) is 15.1. The van der Waals surface area contributed by atoms with E-state index in [1.54, 1.807) is 70.3 Å². The number of amides is 4. The molecule has 6 atom stereocenters. The number of nitrogens with one attached hydrogen (secondary N) is 6. The Labute approximate surface area is 371 Å². The average molecular weight is 887 g/mol. The van der Waals surface area contributed by atoms with Crippen molar-refractivity contribution in [3.63, 3.8) is 0 Å². The predicted octanol–water partition coefficient (Wildman–Crippen LogP) is 2.04. The SMILES string of the molecule is CNCC[C@H](NC(=O)[C@@H](NC(=O)[C@H](CCCC(=O)O)NC(=O)[C@@H]1Cc2ccccc2N1)C(C)OCc1ccccc1)C(=O)N[C@@H](CC(=O)OC)C(=O)COC(=O)c1c(C)cccc1C. The lowest BCUT2D eigenvalue weighted by atomic mass is 10.0. The van der Waals surface area contributed by atoms with Crippen LogP contribution >= 0.6 is 0 Å². The van der Waals surface area contributed by atoms with E-state index in [4.69, 9.17) is 14.2 Å². The minimum absolute atomic E-state index is 0.0193. The molecule has 64 heavy (non-hydrogen) atoms. The third kappa shape index (κ3) is 15.0. The summed E-state index contributed by atoms with van der Waals surface area (Å²) in [6, 6.07) is 15.2. The number of carboxylic acids is 1. The van der Waals surface area contributed by atoms with Crippen LogP contribution in [0.2, 0.25) is 0 Å². The van der Waals surface area contributed by atoms with Gasteiger partial charge in [-0.3, -0.25) is 33.6 Å². The molecule has 4 amide bonds.